The summed E-state index contributed by atoms with van der Waals surface area (Å²) in [5.74, 6) is 1.99. The molecule has 20 heavy (non-hydrogen) atoms. The van der Waals surface area contributed by atoms with Gasteiger partial charge >= 0.3 is 0 Å². The highest BCUT2D eigenvalue weighted by atomic mass is 16.5. The molecular formula is C14H20N4O2. The predicted molar refractivity (Wildman–Crippen MR) is 75.2 cm³/mol. The molecule has 0 saturated heterocycles. The van der Waals surface area contributed by atoms with Crippen molar-refractivity contribution < 1.29 is 9.26 Å². The predicted octanol–water partition coefficient (Wildman–Crippen LogP) is 1.35. The monoisotopic (exact) mass is 276 g/mol. The second-order valence-electron chi connectivity index (χ2n) is 4.71. The topological polar surface area (TPSA) is 77.4 Å². The minimum atomic E-state index is 0.271. The Bertz CT molecular complexity index is 524. The first-order valence-corrected chi connectivity index (χ1v) is 6.57. The summed E-state index contributed by atoms with van der Waals surface area (Å²) < 4.78 is 10.6. The third-order valence-corrected chi connectivity index (χ3v) is 2.86. The maximum Gasteiger partial charge on any atom is 0.240 e. The van der Waals surface area contributed by atoms with Crippen LogP contribution in [-0.2, 0) is 13.1 Å². The molecule has 0 radical (unpaired) electrons. The minimum absolute atomic E-state index is 0.271. The van der Waals surface area contributed by atoms with E-state index in [1.54, 1.807) is 0 Å². The van der Waals surface area contributed by atoms with Gasteiger partial charge in [0.15, 0.2) is 5.82 Å². The van der Waals surface area contributed by atoms with E-state index < -0.39 is 0 Å². The molecule has 0 bridgehead atoms. The highest BCUT2D eigenvalue weighted by Gasteiger charge is 2.07. The van der Waals surface area contributed by atoms with Gasteiger partial charge in [-0.25, -0.2) is 0 Å². The zero-order valence-corrected chi connectivity index (χ0v) is 11.9. The van der Waals surface area contributed by atoms with Gasteiger partial charge in [-0.05, 0) is 26.1 Å². The Hall–Kier alpha value is -1.92. The number of likely N-dealkylation sites (N-methyl/N-ethyl adjacent to an activating group) is 1. The average molecular weight is 276 g/mol. The summed E-state index contributed by atoms with van der Waals surface area (Å²) in [6, 6.07) is 8.02. The van der Waals surface area contributed by atoms with Gasteiger partial charge in [-0.15, -0.1) is 0 Å². The van der Waals surface area contributed by atoms with Crippen molar-refractivity contribution in [2.75, 3.05) is 20.2 Å². The van der Waals surface area contributed by atoms with Crippen molar-refractivity contribution in [1.29, 1.82) is 0 Å². The van der Waals surface area contributed by atoms with Gasteiger partial charge in [0.1, 0.15) is 12.4 Å². The number of benzene rings is 1. The van der Waals surface area contributed by atoms with Crippen LogP contribution >= 0.6 is 0 Å². The second-order valence-corrected chi connectivity index (χ2v) is 4.71. The molecule has 0 aliphatic rings. The summed E-state index contributed by atoms with van der Waals surface area (Å²) in [5, 5.41) is 3.85. The molecular weight excluding hydrogens is 256 g/mol. The van der Waals surface area contributed by atoms with E-state index in [1.807, 2.05) is 31.3 Å². The van der Waals surface area contributed by atoms with E-state index in [9.17, 15) is 0 Å². The Morgan fingerprint density at radius 3 is 2.70 bits per heavy atom. The summed E-state index contributed by atoms with van der Waals surface area (Å²) in [4.78, 5) is 6.23. The Labute approximate surface area is 118 Å². The van der Waals surface area contributed by atoms with Gasteiger partial charge in [-0.3, -0.25) is 4.90 Å². The Morgan fingerprint density at radius 2 is 2.05 bits per heavy atom. The summed E-state index contributed by atoms with van der Waals surface area (Å²) >= 11 is 0. The van der Waals surface area contributed by atoms with Crippen LogP contribution in [0.5, 0.6) is 5.75 Å². The van der Waals surface area contributed by atoms with E-state index in [4.69, 9.17) is 15.0 Å². The molecule has 0 unspecified atom stereocenters. The lowest BCUT2D eigenvalue weighted by Crippen LogP contribution is -2.24. The van der Waals surface area contributed by atoms with Gasteiger partial charge in [0.05, 0.1) is 13.1 Å². The minimum Gasteiger partial charge on any atom is -0.492 e. The van der Waals surface area contributed by atoms with Gasteiger partial charge in [0.2, 0.25) is 5.89 Å². The zero-order valence-electron chi connectivity index (χ0n) is 11.9. The van der Waals surface area contributed by atoms with Gasteiger partial charge in [-0.2, -0.15) is 4.98 Å². The number of aromatic nitrogens is 2. The number of ether oxygens (including phenoxy) is 1. The van der Waals surface area contributed by atoms with Crippen LogP contribution in [0.1, 0.15) is 17.3 Å². The molecule has 1 aromatic carbocycles. The molecule has 0 atom stereocenters. The van der Waals surface area contributed by atoms with Crippen LogP contribution in [0.3, 0.4) is 0 Å². The smallest absolute Gasteiger partial charge is 0.240 e. The molecule has 1 heterocycles. The molecule has 6 nitrogen and oxygen atoms in total. The summed E-state index contributed by atoms with van der Waals surface area (Å²) in [7, 11) is 1.98. The molecule has 2 N–H and O–H groups in total. The summed E-state index contributed by atoms with van der Waals surface area (Å²) in [6.45, 7) is 4.33. The lowest BCUT2D eigenvalue weighted by Gasteiger charge is -2.14. The van der Waals surface area contributed by atoms with Crippen molar-refractivity contribution in [3.8, 4) is 5.75 Å². The molecule has 0 spiro atoms. The molecule has 0 aliphatic heterocycles. The Morgan fingerprint density at radius 1 is 1.30 bits per heavy atom. The number of nitrogens with two attached hydrogens (primary N) is 1. The first kappa shape index (κ1) is 14.5. The molecule has 0 saturated carbocycles. The highest BCUT2D eigenvalue weighted by Crippen LogP contribution is 2.11. The van der Waals surface area contributed by atoms with Gasteiger partial charge in [0.25, 0.3) is 0 Å². The van der Waals surface area contributed by atoms with Crippen LogP contribution in [0.25, 0.3) is 0 Å². The quantitative estimate of drug-likeness (QED) is 0.822. The molecule has 6 heteroatoms. The second kappa shape index (κ2) is 7.02. The van der Waals surface area contributed by atoms with Crippen LogP contribution in [0.15, 0.2) is 28.8 Å². The maximum absolute atomic E-state index is 5.67. The van der Waals surface area contributed by atoms with Crippen LogP contribution in [-0.4, -0.2) is 35.2 Å². The standard InChI is InChI=1S/C14H20N4O2/c1-11-3-5-12(6-4-11)19-8-7-18(2)10-13-16-14(9-15)20-17-13/h3-6H,7-10,15H2,1-2H3. The number of hydrogen-bond donors (Lipinski definition) is 1. The largest absolute Gasteiger partial charge is 0.492 e. The van der Waals surface area contributed by atoms with E-state index in [-0.39, 0.29) is 6.54 Å². The van der Waals surface area contributed by atoms with Crippen molar-refractivity contribution in [2.45, 2.75) is 20.0 Å². The number of hydrogen-bond acceptors (Lipinski definition) is 6. The molecule has 1 aromatic heterocycles. The van der Waals surface area contributed by atoms with E-state index in [1.165, 1.54) is 5.56 Å². The van der Waals surface area contributed by atoms with E-state index in [0.29, 0.717) is 24.9 Å². The van der Waals surface area contributed by atoms with Crippen LogP contribution < -0.4 is 10.5 Å². The molecule has 2 rings (SSSR count). The van der Waals surface area contributed by atoms with E-state index >= 15 is 0 Å². The Balaban J connectivity index is 1.72. The first-order valence-electron chi connectivity index (χ1n) is 6.57. The molecule has 108 valence electrons. The number of aryl methyl sites for hydroxylation is 1. The van der Waals surface area contributed by atoms with Crippen molar-refractivity contribution in [1.82, 2.24) is 15.0 Å². The fourth-order valence-electron chi connectivity index (χ4n) is 1.71. The zero-order chi connectivity index (χ0) is 14.4. The fourth-order valence-corrected chi connectivity index (χ4v) is 1.71. The highest BCUT2D eigenvalue weighted by molar-refractivity contribution is 5.26. The molecule has 0 fully saturated rings. The maximum atomic E-state index is 5.67. The van der Waals surface area contributed by atoms with Crippen molar-refractivity contribution in [3.05, 3.63) is 41.5 Å². The number of rotatable bonds is 7. The Kier molecular flexibility index (Phi) is 5.09. The van der Waals surface area contributed by atoms with E-state index in [2.05, 4.69) is 22.0 Å². The van der Waals surface area contributed by atoms with Gasteiger partial charge in [-0.1, -0.05) is 22.9 Å². The third kappa shape index (κ3) is 4.32. The number of nitrogens with zero attached hydrogens (tertiary/aromatic N) is 3. The SMILES string of the molecule is Cc1ccc(OCCN(C)Cc2noc(CN)n2)cc1. The summed E-state index contributed by atoms with van der Waals surface area (Å²) in [6.07, 6.45) is 0. The van der Waals surface area contributed by atoms with Crippen LogP contribution in [0, 0.1) is 6.92 Å². The van der Waals surface area contributed by atoms with Crippen molar-refractivity contribution in [2.24, 2.45) is 5.73 Å². The first-order chi connectivity index (χ1) is 9.67. The molecule has 0 aliphatic carbocycles. The van der Waals surface area contributed by atoms with Crippen molar-refractivity contribution >= 4 is 0 Å². The van der Waals surface area contributed by atoms with Gasteiger partial charge < -0.3 is 15.0 Å². The van der Waals surface area contributed by atoms with Crippen LogP contribution in [0.2, 0.25) is 0 Å². The average Bonchev–Trinajstić information content (AvgIpc) is 2.88. The third-order valence-electron chi connectivity index (χ3n) is 2.86. The molecule has 0 amide bonds. The summed E-state index contributed by atoms with van der Waals surface area (Å²) in [5.41, 5.74) is 6.64. The molecule has 2 aromatic rings. The lowest BCUT2D eigenvalue weighted by atomic mass is 10.2. The van der Waals surface area contributed by atoms with Crippen molar-refractivity contribution in [3.63, 3.8) is 0 Å². The lowest BCUT2D eigenvalue weighted by molar-refractivity contribution is 0.227. The fraction of sp³-hybridized carbons (Fsp3) is 0.429. The normalized spacial score (nSPS) is 11.0. The van der Waals surface area contributed by atoms with Gasteiger partial charge in [0, 0.05) is 6.54 Å². The van der Waals surface area contributed by atoms with E-state index in [0.717, 1.165) is 12.3 Å². The van der Waals surface area contributed by atoms with Crippen LogP contribution in [0.4, 0.5) is 0 Å².